The molecule has 2 fully saturated rings. The third-order valence-corrected chi connectivity index (χ3v) is 13.4. The van der Waals surface area contributed by atoms with Gasteiger partial charge in [0.1, 0.15) is 11.5 Å². The maximum Gasteiger partial charge on any atom is 0.400 e. The summed E-state index contributed by atoms with van der Waals surface area (Å²) in [5, 5.41) is 6.00. The van der Waals surface area contributed by atoms with E-state index in [1.165, 1.54) is 40.8 Å². The van der Waals surface area contributed by atoms with Gasteiger partial charge in [0.05, 0.1) is 60.6 Å². The van der Waals surface area contributed by atoms with Crippen LogP contribution in [0.5, 0.6) is 11.5 Å². The molecule has 1 heterocycles. The number of esters is 4. The molecule has 13 nitrogen and oxygen atoms in total. The summed E-state index contributed by atoms with van der Waals surface area (Å²) in [6.07, 6.45) is -2.72. The average molecular weight is 1030 g/mol. The van der Waals surface area contributed by atoms with E-state index in [2.05, 4.69) is 23.2 Å². The topological polar surface area (TPSA) is 152 Å². The Kier molecular flexibility index (Phi) is 20.9. The number of alkyl halides is 7. The summed E-state index contributed by atoms with van der Waals surface area (Å²) >= 11 is 14.8. The van der Waals surface area contributed by atoms with Crippen molar-refractivity contribution in [1.82, 2.24) is 4.98 Å². The van der Waals surface area contributed by atoms with Crippen molar-refractivity contribution in [2.24, 2.45) is 28.8 Å². The highest BCUT2D eigenvalue weighted by Gasteiger charge is 2.46. The Bertz CT molecular complexity index is 2200. The molecule has 0 atom stereocenters. The third-order valence-electron chi connectivity index (χ3n) is 11.6. The van der Waals surface area contributed by atoms with Crippen LogP contribution in [0.1, 0.15) is 95.5 Å². The van der Waals surface area contributed by atoms with Crippen LogP contribution < -0.4 is 14.5 Å². The fourth-order valence-electron chi connectivity index (χ4n) is 7.77. The van der Waals surface area contributed by atoms with Crippen LogP contribution in [0.3, 0.4) is 0 Å². The average Bonchev–Trinajstić information content (AvgIpc) is 3.76. The van der Waals surface area contributed by atoms with Gasteiger partial charge in [0.25, 0.3) is 4.52 Å². The van der Waals surface area contributed by atoms with Gasteiger partial charge in [0, 0.05) is 36.6 Å². The van der Waals surface area contributed by atoms with Gasteiger partial charge in [-0.05, 0) is 114 Å². The summed E-state index contributed by atoms with van der Waals surface area (Å²) in [6, 6.07) is 11.0. The molecular weight excluding hydrogens is 977 g/mol. The number of rotatable bonds is 26. The minimum atomic E-state index is -4.44. The number of hydrogen-bond acceptors (Lipinski definition) is 14. The smallest absolute Gasteiger partial charge is 0.400 e. The molecule has 2 aromatic carbocycles. The molecule has 2 aliphatic rings. The monoisotopic (exact) mass is 1030 g/mol. The van der Waals surface area contributed by atoms with Gasteiger partial charge in [-0.2, -0.15) is 27.1 Å². The van der Waals surface area contributed by atoms with Crippen molar-refractivity contribution in [3.05, 3.63) is 73.3 Å². The van der Waals surface area contributed by atoms with Crippen LogP contribution >= 0.6 is 34.5 Å². The number of ether oxygens (including phenoxy) is 6. The number of aromatic nitrogens is 1. The Balaban J connectivity index is 1.28. The van der Waals surface area contributed by atoms with Gasteiger partial charge < -0.3 is 28.4 Å². The van der Waals surface area contributed by atoms with Crippen LogP contribution in [0.15, 0.2) is 72.9 Å². The van der Waals surface area contributed by atoms with E-state index in [-0.39, 0.29) is 93.2 Å². The highest BCUT2D eigenvalue weighted by atomic mass is 35.5. The first kappa shape index (κ1) is 54.9. The van der Waals surface area contributed by atoms with Crippen molar-refractivity contribution < 1.29 is 69.6 Å². The van der Waals surface area contributed by atoms with Crippen LogP contribution in [0.2, 0.25) is 0 Å². The molecule has 378 valence electrons. The number of thiazole rings is 1. The van der Waals surface area contributed by atoms with Crippen LogP contribution in [-0.4, -0.2) is 84.9 Å². The molecule has 1 aromatic heterocycles. The minimum absolute atomic E-state index is 0.0397. The first-order valence-corrected chi connectivity index (χ1v) is 24.4. The van der Waals surface area contributed by atoms with Crippen LogP contribution in [0.25, 0.3) is 10.2 Å². The predicted octanol–water partition coefficient (Wildman–Crippen LogP) is 11.7. The number of hydrazone groups is 1. The second-order valence-corrected chi connectivity index (χ2v) is 19.0. The summed E-state index contributed by atoms with van der Waals surface area (Å²) in [4.78, 5) is 52.5. The van der Waals surface area contributed by atoms with Gasteiger partial charge in [-0.15, -0.1) is 0 Å². The molecule has 0 saturated heterocycles. The molecule has 21 heteroatoms. The van der Waals surface area contributed by atoms with Gasteiger partial charge in [0.15, 0.2) is 0 Å². The van der Waals surface area contributed by atoms with Gasteiger partial charge in [-0.3, -0.25) is 9.59 Å². The molecule has 69 heavy (non-hydrogen) atoms. The minimum Gasteiger partial charge on any atom is -0.465 e. The Hall–Kier alpha value is -5.01. The fraction of sp³-hybridized carbons (Fsp3) is 0.542. The Labute approximate surface area is 411 Å². The first-order valence-electron chi connectivity index (χ1n) is 22.8. The molecule has 0 amide bonds. The first-order chi connectivity index (χ1) is 32.9. The van der Waals surface area contributed by atoms with Crippen LogP contribution in [0, 0.1) is 23.7 Å². The number of carbonyl (C=O) groups excluding carboxylic acids is 4. The van der Waals surface area contributed by atoms with Crippen LogP contribution in [0.4, 0.5) is 27.1 Å². The zero-order valence-corrected chi connectivity index (χ0v) is 40.2. The van der Waals surface area contributed by atoms with Crippen molar-refractivity contribution >= 4 is 80.0 Å². The van der Waals surface area contributed by atoms with Gasteiger partial charge >= 0.3 is 36.2 Å². The zero-order chi connectivity index (χ0) is 50.0. The van der Waals surface area contributed by atoms with E-state index in [0.717, 1.165) is 16.9 Å². The number of para-hydroxylation sites is 1. The van der Waals surface area contributed by atoms with E-state index >= 15 is 8.78 Å². The summed E-state index contributed by atoms with van der Waals surface area (Å²) in [5.74, 6) is -4.99. The van der Waals surface area contributed by atoms with E-state index in [1.807, 2.05) is 0 Å². The Morgan fingerprint density at radius 1 is 0.725 bits per heavy atom. The molecule has 3 aromatic rings. The number of fused-ring (bicyclic) bond motifs is 1. The van der Waals surface area contributed by atoms with Gasteiger partial charge in [-0.1, -0.05) is 59.8 Å². The molecular formula is C48H56Cl2F5N3O10S. The fourth-order valence-corrected chi connectivity index (χ4v) is 9.34. The number of benzene rings is 2. The van der Waals surface area contributed by atoms with E-state index < -0.39 is 64.8 Å². The molecule has 0 N–H and O–H groups in total. The molecule has 5 rings (SSSR count). The third kappa shape index (κ3) is 17.7. The second kappa shape index (κ2) is 26.3. The number of unbranched alkanes of at least 4 members (excludes halogenated alkanes) is 2. The lowest BCUT2D eigenvalue weighted by Crippen LogP contribution is -2.38. The lowest BCUT2D eigenvalue weighted by atomic mass is 9.81. The Morgan fingerprint density at radius 2 is 1.26 bits per heavy atom. The van der Waals surface area contributed by atoms with Crippen molar-refractivity contribution in [1.29, 1.82) is 0 Å². The largest absolute Gasteiger partial charge is 0.465 e. The summed E-state index contributed by atoms with van der Waals surface area (Å²) in [6.45, 7) is 6.99. The number of carbonyl (C=O) groups is 4. The molecule has 0 bridgehead atoms. The van der Waals surface area contributed by atoms with E-state index in [0.29, 0.717) is 56.9 Å². The van der Waals surface area contributed by atoms with Crippen LogP contribution in [-0.2, 0) is 38.1 Å². The van der Waals surface area contributed by atoms with E-state index in [9.17, 15) is 32.3 Å². The molecule has 2 aliphatic carbocycles. The van der Waals surface area contributed by atoms with E-state index in [4.69, 9.17) is 51.6 Å². The van der Waals surface area contributed by atoms with Crippen molar-refractivity contribution in [3.8, 4) is 11.5 Å². The lowest BCUT2D eigenvalue weighted by molar-refractivity contribution is -0.224. The normalized spacial score (nSPS) is 18.8. The number of hydrogen-bond donors (Lipinski definition) is 0. The number of nitrogens with zero attached hydrogens (tertiary/aromatic N) is 3. The summed E-state index contributed by atoms with van der Waals surface area (Å²) in [5.41, 5.74) is 0.548. The molecule has 0 unspecified atom stereocenters. The molecule has 0 radical (unpaired) electrons. The zero-order valence-electron chi connectivity index (χ0n) is 37.9. The molecule has 2 saturated carbocycles. The number of anilines is 1. The second-order valence-electron chi connectivity index (χ2n) is 16.7. The van der Waals surface area contributed by atoms with Crippen molar-refractivity contribution in [3.63, 3.8) is 0 Å². The SMILES string of the molecule is C=CC(=O)OCCCCOC(=O)C1CCC(C(F)(F)Oc2ccc(OC(Cl)(Cl)C3CCC(C(=O)OCCCCOC(=O)C=C)CC3)cc2/C=N/N(CCCC(F)(F)F)c2nc3ccccc3s2)CC1. The van der Waals surface area contributed by atoms with Gasteiger partial charge in [0.2, 0.25) is 5.13 Å². The van der Waals surface area contributed by atoms with Crippen molar-refractivity contribution in [2.45, 2.75) is 107 Å². The predicted molar refractivity (Wildman–Crippen MR) is 251 cm³/mol. The number of halogens is 7. The van der Waals surface area contributed by atoms with Crippen molar-refractivity contribution in [2.75, 3.05) is 38.0 Å². The maximum absolute atomic E-state index is 16.2. The summed E-state index contributed by atoms with van der Waals surface area (Å²) in [7, 11) is 0. The highest BCUT2D eigenvalue weighted by Crippen LogP contribution is 2.45. The quantitative estimate of drug-likeness (QED) is 0.0110. The Morgan fingerprint density at radius 3 is 1.80 bits per heavy atom. The van der Waals surface area contributed by atoms with E-state index in [1.54, 1.807) is 24.3 Å². The maximum atomic E-state index is 16.2. The molecule has 0 aliphatic heterocycles. The van der Waals surface area contributed by atoms with Gasteiger partial charge in [-0.25, -0.2) is 19.6 Å². The summed E-state index contributed by atoms with van der Waals surface area (Å²) < 4.78 is 103. The lowest BCUT2D eigenvalue weighted by Gasteiger charge is -2.35. The standard InChI is InChI=1S/C48H56Cl2F5N3O10S/c1-3-41(59)63-26-7-9-28-65-43(61)32-14-18-35(19-15-32)47(49,50)67-37-22-23-39(68-48(54,55)36-20-16-33(17-21-36)44(62)66-29-10-8-27-64-42(60)4-2)34(30-37)31-56-58(25-11-24-46(51,52)53)45-57-38-12-5-6-13-40(38)69-45/h3-6,12-13,22-23,30-33,35-36H,1-2,7-11,14-21,24-29H2/b56-31+. The molecule has 0 spiro atoms. The highest BCUT2D eigenvalue weighted by molar-refractivity contribution is 7.22.